The van der Waals surface area contributed by atoms with Crippen LogP contribution in [0.1, 0.15) is 5.69 Å². The zero-order valence-corrected chi connectivity index (χ0v) is 11.9. The van der Waals surface area contributed by atoms with Crippen LogP contribution in [0.3, 0.4) is 0 Å². The first-order valence-electron chi connectivity index (χ1n) is 6.93. The summed E-state index contributed by atoms with van der Waals surface area (Å²) in [4.78, 5) is 7.86. The number of rotatable bonds is 5. The van der Waals surface area contributed by atoms with Gasteiger partial charge in [-0.15, -0.1) is 0 Å². The maximum Gasteiger partial charge on any atom is 0.145 e. The van der Waals surface area contributed by atoms with E-state index in [1.54, 1.807) is 6.07 Å². The van der Waals surface area contributed by atoms with Crippen molar-refractivity contribution in [2.45, 2.75) is 0 Å². The van der Waals surface area contributed by atoms with Crippen LogP contribution in [0.25, 0.3) is 10.8 Å². The maximum atomic E-state index is 8.78. The fourth-order valence-electron chi connectivity index (χ4n) is 2.12. The number of aromatic nitrogens is 2. The largest absolute Gasteiger partial charge is 0.492 e. The van der Waals surface area contributed by atoms with Crippen molar-refractivity contribution in [3.05, 3.63) is 60.6 Å². The molecule has 0 fully saturated rings. The topological polar surface area (TPSA) is 70.8 Å². The van der Waals surface area contributed by atoms with E-state index in [0.717, 1.165) is 11.1 Å². The van der Waals surface area contributed by atoms with Crippen LogP contribution in [0.15, 0.2) is 54.9 Å². The number of nitriles is 1. The van der Waals surface area contributed by atoms with E-state index in [1.165, 1.54) is 11.7 Å². The third-order valence-corrected chi connectivity index (χ3v) is 3.18. The molecule has 0 atom stereocenters. The van der Waals surface area contributed by atoms with Gasteiger partial charge < -0.3 is 10.1 Å². The molecule has 22 heavy (non-hydrogen) atoms. The third kappa shape index (κ3) is 3.30. The molecule has 1 N–H and O–H groups in total. The molecule has 0 radical (unpaired) electrons. The van der Waals surface area contributed by atoms with Crippen LogP contribution in [-0.4, -0.2) is 23.1 Å². The van der Waals surface area contributed by atoms with Gasteiger partial charge in [-0.2, -0.15) is 5.26 Å². The Labute approximate surface area is 128 Å². The molecule has 0 saturated heterocycles. The standard InChI is InChI=1S/C17H14N4O/c18-11-15-10-17(21-12-20-15)19-7-8-22-16-6-5-13-3-1-2-4-14(13)9-16/h1-6,9-10,12H,7-8H2,(H,19,20,21). The number of anilines is 1. The zero-order chi connectivity index (χ0) is 15.2. The summed E-state index contributed by atoms with van der Waals surface area (Å²) < 4.78 is 5.72. The Kier molecular flexibility index (Phi) is 4.12. The van der Waals surface area contributed by atoms with Gasteiger partial charge in [0.2, 0.25) is 0 Å². The summed E-state index contributed by atoms with van der Waals surface area (Å²) >= 11 is 0. The summed E-state index contributed by atoms with van der Waals surface area (Å²) in [6.07, 6.45) is 1.37. The van der Waals surface area contributed by atoms with E-state index in [9.17, 15) is 0 Å². The van der Waals surface area contributed by atoms with Crippen LogP contribution in [0.5, 0.6) is 5.75 Å². The predicted molar refractivity (Wildman–Crippen MR) is 84.7 cm³/mol. The minimum Gasteiger partial charge on any atom is -0.492 e. The van der Waals surface area contributed by atoms with E-state index < -0.39 is 0 Å². The van der Waals surface area contributed by atoms with E-state index in [2.05, 4.69) is 27.4 Å². The lowest BCUT2D eigenvalue weighted by molar-refractivity contribution is 0.333. The van der Waals surface area contributed by atoms with E-state index in [1.807, 2.05) is 36.4 Å². The molecule has 0 amide bonds. The van der Waals surface area contributed by atoms with Crippen molar-refractivity contribution in [3.8, 4) is 11.8 Å². The molecule has 3 aromatic rings. The molecular weight excluding hydrogens is 276 g/mol. The Balaban J connectivity index is 1.54. The number of hydrogen-bond donors (Lipinski definition) is 1. The molecule has 0 unspecified atom stereocenters. The Morgan fingerprint density at radius 1 is 1.05 bits per heavy atom. The van der Waals surface area contributed by atoms with E-state index >= 15 is 0 Å². The Morgan fingerprint density at radius 2 is 1.91 bits per heavy atom. The number of nitrogens with zero attached hydrogens (tertiary/aromatic N) is 3. The fraction of sp³-hybridized carbons (Fsp3) is 0.118. The monoisotopic (exact) mass is 290 g/mol. The van der Waals surface area contributed by atoms with Crippen molar-refractivity contribution < 1.29 is 4.74 Å². The molecule has 3 rings (SSSR count). The van der Waals surface area contributed by atoms with E-state index in [0.29, 0.717) is 24.7 Å². The number of benzene rings is 2. The van der Waals surface area contributed by atoms with Gasteiger partial charge in [-0.3, -0.25) is 0 Å². The molecule has 5 heteroatoms. The molecule has 0 aliphatic carbocycles. The van der Waals surface area contributed by atoms with Gasteiger partial charge in [-0.05, 0) is 22.9 Å². The minimum atomic E-state index is 0.341. The van der Waals surface area contributed by atoms with Gasteiger partial charge in [-0.1, -0.05) is 30.3 Å². The quantitative estimate of drug-likeness (QED) is 0.731. The Morgan fingerprint density at radius 3 is 2.77 bits per heavy atom. The number of hydrogen-bond acceptors (Lipinski definition) is 5. The van der Waals surface area contributed by atoms with Crippen LogP contribution in [0.2, 0.25) is 0 Å². The zero-order valence-electron chi connectivity index (χ0n) is 11.9. The van der Waals surface area contributed by atoms with Gasteiger partial charge in [0.15, 0.2) is 0 Å². The molecule has 0 saturated carbocycles. The first-order chi connectivity index (χ1) is 10.8. The molecule has 0 bridgehead atoms. The van der Waals surface area contributed by atoms with Gasteiger partial charge >= 0.3 is 0 Å². The maximum absolute atomic E-state index is 8.78. The summed E-state index contributed by atoms with van der Waals surface area (Å²) in [7, 11) is 0. The normalized spacial score (nSPS) is 10.1. The van der Waals surface area contributed by atoms with Gasteiger partial charge in [0.05, 0.1) is 6.54 Å². The number of nitrogens with one attached hydrogen (secondary N) is 1. The fourth-order valence-corrected chi connectivity index (χ4v) is 2.12. The predicted octanol–water partition coefficient (Wildman–Crippen LogP) is 2.99. The molecular formula is C17H14N4O. The molecule has 108 valence electrons. The Bertz CT molecular complexity index is 826. The molecule has 1 aromatic heterocycles. The van der Waals surface area contributed by atoms with Crippen LogP contribution in [0, 0.1) is 11.3 Å². The summed E-state index contributed by atoms with van der Waals surface area (Å²) in [5.74, 6) is 1.45. The summed E-state index contributed by atoms with van der Waals surface area (Å²) in [5.41, 5.74) is 0.341. The van der Waals surface area contributed by atoms with Gasteiger partial charge in [0.25, 0.3) is 0 Å². The highest BCUT2D eigenvalue weighted by atomic mass is 16.5. The summed E-state index contributed by atoms with van der Waals surface area (Å²) in [5, 5.41) is 14.2. The summed E-state index contributed by atoms with van der Waals surface area (Å²) in [6, 6.07) is 17.8. The molecule has 0 aliphatic rings. The van der Waals surface area contributed by atoms with Gasteiger partial charge in [-0.25, -0.2) is 9.97 Å². The van der Waals surface area contributed by atoms with Crippen molar-refractivity contribution >= 4 is 16.6 Å². The second-order valence-electron chi connectivity index (χ2n) is 4.68. The average molecular weight is 290 g/mol. The first kappa shape index (κ1) is 13.8. The smallest absolute Gasteiger partial charge is 0.145 e. The number of fused-ring (bicyclic) bond motifs is 1. The van der Waals surface area contributed by atoms with Crippen molar-refractivity contribution in [2.75, 3.05) is 18.5 Å². The highest BCUT2D eigenvalue weighted by Crippen LogP contribution is 2.20. The second-order valence-corrected chi connectivity index (χ2v) is 4.68. The van der Waals surface area contributed by atoms with Crippen molar-refractivity contribution in [2.24, 2.45) is 0 Å². The second kappa shape index (κ2) is 6.55. The van der Waals surface area contributed by atoms with Crippen LogP contribution in [0.4, 0.5) is 5.82 Å². The van der Waals surface area contributed by atoms with Crippen molar-refractivity contribution in [1.82, 2.24) is 9.97 Å². The highest BCUT2D eigenvalue weighted by molar-refractivity contribution is 5.83. The van der Waals surface area contributed by atoms with E-state index in [4.69, 9.17) is 10.00 Å². The molecule has 2 aromatic carbocycles. The van der Waals surface area contributed by atoms with Crippen molar-refractivity contribution in [3.63, 3.8) is 0 Å². The summed E-state index contributed by atoms with van der Waals surface area (Å²) in [6.45, 7) is 1.10. The van der Waals surface area contributed by atoms with Gasteiger partial charge in [0.1, 0.15) is 36.3 Å². The lowest BCUT2D eigenvalue weighted by Gasteiger charge is -2.09. The van der Waals surface area contributed by atoms with Crippen LogP contribution in [-0.2, 0) is 0 Å². The molecule has 0 aliphatic heterocycles. The SMILES string of the molecule is N#Cc1cc(NCCOc2ccc3ccccc3c2)ncn1. The Hall–Kier alpha value is -3.13. The van der Waals surface area contributed by atoms with Crippen molar-refractivity contribution in [1.29, 1.82) is 5.26 Å². The van der Waals surface area contributed by atoms with Crippen LogP contribution >= 0.6 is 0 Å². The first-order valence-corrected chi connectivity index (χ1v) is 6.93. The highest BCUT2D eigenvalue weighted by Gasteiger charge is 1.99. The lowest BCUT2D eigenvalue weighted by Crippen LogP contribution is -2.12. The number of ether oxygens (including phenoxy) is 1. The molecule has 0 spiro atoms. The lowest BCUT2D eigenvalue weighted by atomic mass is 10.1. The third-order valence-electron chi connectivity index (χ3n) is 3.18. The molecule has 5 nitrogen and oxygen atoms in total. The van der Waals surface area contributed by atoms with Crippen LogP contribution < -0.4 is 10.1 Å². The molecule has 1 heterocycles. The van der Waals surface area contributed by atoms with E-state index in [-0.39, 0.29) is 0 Å². The van der Waals surface area contributed by atoms with Gasteiger partial charge in [0, 0.05) is 6.07 Å². The minimum absolute atomic E-state index is 0.341. The average Bonchev–Trinajstić information content (AvgIpc) is 2.59.